The molecule has 6 nitrogen and oxygen atoms in total. The number of hydrogen-bond donors (Lipinski definition) is 2. The molecule has 0 aliphatic heterocycles. The van der Waals surface area contributed by atoms with Crippen molar-refractivity contribution in [2.24, 2.45) is 5.41 Å². The first-order chi connectivity index (χ1) is 10.9. The van der Waals surface area contributed by atoms with E-state index in [2.05, 4.69) is 29.4 Å². The average molecular weight is 321 g/mol. The Bertz CT molecular complexity index is 634. The first-order valence-corrected chi connectivity index (χ1v) is 8.39. The van der Waals surface area contributed by atoms with E-state index in [0.29, 0.717) is 17.9 Å². The molecular formula is C17H27N3O3. The van der Waals surface area contributed by atoms with E-state index >= 15 is 0 Å². The Morgan fingerprint density at radius 2 is 2.00 bits per heavy atom. The molecule has 0 radical (unpaired) electrons. The average Bonchev–Trinajstić information content (AvgIpc) is 2.51. The Kier molecular flexibility index (Phi) is 5.24. The molecule has 1 amide bonds. The standard InChI is InChI=1S/C17H27N3O3/c1-6-17(7-2)12(9-13(17)23-8-3)18-15(21)14-10(4)11(5)19-20-16(14)22/h12-13H,6-9H2,1-5H3,(H,18,21)(H,20,22)/t12-,13+/m1/s1. The quantitative estimate of drug-likeness (QED) is 0.840. The second-order valence-electron chi connectivity index (χ2n) is 6.28. The van der Waals surface area contributed by atoms with Gasteiger partial charge < -0.3 is 10.1 Å². The molecule has 0 unspecified atom stereocenters. The fourth-order valence-corrected chi connectivity index (χ4v) is 3.71. The molecule has 2 rings (SSSR count). The van der Waals surface area contributed by atoms with E-state index in [-0.39, 0.29) is 29.0 Å². The third kappa shape index (κ3) is 2.92. The number of amides is 1. The van der Waals surface area contributed by atoms with Crippen LogP contribution in [0.25, 0.3) is 0 Å². The summed E-state index contributed by atoms with van der Waals surface area (Å²) in [5, 5.41) is 9.34. The highest BCUT2D eigenvalue weighted by Crippen LogP contribution is 2.48. The van der Waals surface area contributed by atoms with Gasteiger partial charge in [0.05, 0.1) is 11.8 Å². The second-order valence-corrected chi connectivity index (χ2v) is 6.28. The zero-order valence-corrected chi connectivity index (χ0v) is 14.7. The van der Waals surface area contributed by atoms with Gasteiger partial charge in [-0.2, -0.15) is 5.10 Å². The number of carbonyl (C=O) groups excluding carboxylic acids is 1. The van der Waals surface area contributed by atoms with Crippen LogP contribution in [0.5, 0.6) is 0 Å². The van der Waals surface area contributed by atoms with E-state index in [0.717, 1.165) is 19.3 Å². The molecule has 1 aromatic rings. The minimum atomic E-state index is -0.440. The van der Waals surface area contributed by atoms with Crippen LogP contribution in [-0.4, -0.2) is 34.9 Å². The Morgan fingerprint density at radius 3 is 2.57 bits per heavy atom. The number of aromatic nitrogens is 2. The van der Waals surface area contributed by atoms with Gasteiger partial charge in [-0.25, -0.2) is 5.10 Å². The van der Waals surface area contributed by atoms with Crippen molar-refractivity contribution in [1.82, 2.24) is 15.5 Å². The molecule has 0 aromatic carbocycles. The van der Waals surface area contributed by atoms with Crippen LogP contribution in [0.15, 0.2) is 4.79 Å². The summed E-state index contributed by atoms with van der Waals surface area (Å²) in [5.74, 6) is -0.319. The topological polar surface area (TPSA) is 84.1 Å². The minimum absolute atomic E-state index is 0.0359. The van der Waals surface area contributed by atoms with Crippen LogP contribution in [-0.2, 0) is 4.74 Å². The minimum Gasteiger partial charge on any atom is -0.378 e. The Balaban J connectivity index is 2.21. The summed E-state index contributed by atoms with van der Waals surface area (Å²) >= 11 is 0. The summed E-state index contributed by atoms with van der Waals surface area (Å²) in [6.45, 7) is 10.5. The summed E-state index contributed by atoms with van der Waals surface area (Å²) in [4.78, 5) is 24.6. The fourth-order valence-electron chi connectivity index (χ4n) is 3.71. The molecule has 2 atom stereocenters. The molecule has 1 aliphatic carbocycles. The Hall–Kier alpha value is -1.69. The number of rotatable bonds is 6. The fraction of sp³-hybridized carbons (Fsp3) is 0.706. The molecule has 1 fully saturated rings. The molecule has 2 N–H and O–H groups in total. The largest absolute Gasteiger partial charge is 0.378 e. The monoisotopic (exact) mass is 321 g/mol. The third-order valence-electron chi connectivity index (χ3n) is 5.47. The Morgan fingerprint density at radius 1 is 1.35 bits per heavy atom. The van der Waals surface area contributed by atoms with Crippen LogP contribution < -0.4 is 10.9 Å². The number of nitrogens with zero attached hydrogens (tertiary/aromatic N) is 1. The zero-order chi connectivity index (χ0) is 17.2. The van der Waals surface area contributed by atoms with E-state index in [1.807, 2.05) is 6.92 Å². The first-order valence-electron chi connectivity index (χ1n) is 8.39. The van der Waals surface area contributed by atoms with Crippen LogP contribution >= 0.6 is 0 Å². The maximum absolute atomic E-state index is 12.6. The molecule has 1 heterocycles. The van der Waals surface area contributed by atoms with E-state index in [4.69, 9.17) is 4.74 Å². The summed E-state index contributed by atoms with van der Waals surface area (Å²) in [5.41, 5.74) is 0.968. The van der Waals surface area contributed by atoms with Gasteiger partial charge in [-0.05, 0) is 45.6 Å². The van der Waals surface area contributed by atoms with Crippen LogP contribution in [0, 0.1) is 19.3 Å². The van der Waals surface area contributed by atoms with E-state index in [1.165, 1.54) is 0 Å². The van der Waals surface area contributed by atoms with Crippen molar-refractivity contribution in [3.8, 4) is 0 Å². The third-order valence-corrected chi connectivity index (χ3v) is 5.47. The van der Waals surface area contributed by atoms with E-state index < -0.39 is 5.56 Å². The van der Waals surface area contributed by atoms with Crippen LogP contribution in [0.3, 0.4) is 0 Å². The van der Waals surface area contributed by atoms with Gasteiger partial charge in [0, 0.05) is 18.1 Å². The molecule has 128 valence electrons. The maximum atomic E-state index is 12.6. The van der Waals surface area contributed by atoms with Gasteiger partial charge in [-0.1, -0.05) is 13.8 Å². The lowest BCUT2D eigenvalue weighted by Crippen LogP contribution is -2.64. The molecule has 0 spiro atoms. The van der Waals surface area contributed by atoms with Gasteiger partial charge in [0.25, 0.3) is 11.5 Å². The number of ether oxygens (including phenoxy) is 1. The summed E-state index contributed by atoms with van der Waals surface area (Å²) in [6, 6.07) is 0.0359. The van der Waals surface area contributed by atoms with Crippen LogP contribution in [0.2, 0.25) is 0 Å². The number of aromatic amines is 1. The molecule has 1 saturated carbocycles. The number of nitrogens with one attached hydrogen (secondary N) is 2. The predicted molar refractivity (Wildman–Crippen MR) is 88.6 cm³/mol. The lowest BCUT2D eigenvalue weighted by molar-refractivity contribution is -0.134. The van der Waals surface area contributed by atoms with Gasteiger partial charge in [0.15, 0.2) is 0 Å². The van der Waals surface area contributed by atoms with Crippen molar-refractivity contribution >= 4 is 5.91 Å². The summed E-state index contributed by atoms with van der Waals surface area (Å²) in [6.07, 6.45) is 2.84. The molecule has 0 bridgehead atoms. The molecular weight excluding hydrogens is 294 g/mol. The van der Waals surface area contributed by atoms with Gasteiger partial charge in [0.2, 0.25) is 0 Å². The molecule has 1 aromatic heterocycles. The SMILES string of the molecule is CCO[C@H]1C[C@@H](NC(=O)c2c(C)c(C)n[nH]c2=O)C1(CC)CC. The highest BCUT2D eigenvalue weighted by Gasteiger charge is 2.54. The first kappa shape index (κ1) is 17.7. The van der Waals surface area contributed by atoms with Crippen molar-refractivity contribution in [3.63, 3.8) is 0 Å². The van der Waals surface area contributed by atoms with Crippen molar-refractivity contribution < 1.29 is 9.53 Å². The van der Waals surface area contributed by atoms with Crippen molar-refractivity contribution in [3.05, 3.63) is 27.2 Å². The van der Waals surface area contributed by atoms with E-state index in [1.54, 1.807) is 13.8 Å². The van der Waals surface area contributed by atoms with Crippen molar-refractivity contribution in [2.75, 3.05) is 6.61 Å². The smallest absolute Gasteiger partial charge is 0.277 e. The lowest BCUT2D eigenvalue weighted by atomic mass is 9.58. The van der Waals surface area contributed by atoms with Gasteiger partial charge in [0.1, 0.15) is 5.56 Å². The number of carbonyl (C=O) groups is 1. The van der Waals surface area contributed by atoms with Crippen LogP contribution in [0.4, 0.5) is 0 Å². The number of hydrogen-bond acceptors (Lipinski definition) is 4. The zero-order valence-electron chi connectivity index (χ0n) is 14.7. The molecule has 23 heavy (non-hydrogen) atoms. The molecule has 1 aliphatic rings. The van der Waals surface area contributed by atoms with Gasteiger partial charge in [-0.15, -0.1) is 0 Å². The second kappa shape index (κ2) is 6.83. The van der Waals surface area contributed by atoms with Gasteiger partial charge >= 0.3 is 0 Å². The van der Waals surface area contributed by atoms with E-state index in [9.17, 15) is 9.59 Å². The summed E-state index contributed by atoms with van der Waals surface area (Å²) < 4.78 is 5.83. The number of aryl methyl sites for hydroxylation is 1. The van der Waals surface area contributed by atoms with Crippen LogP contribution in [0.1, 0.15) is 61.6 Å². The maximum Gasteiger partial charge on any atom is 0.277 e. The summed E-state index contributed by atoms with van der Waals surface area (Å²) in [7, 11) is 0. The predicted octanol–water partition coefficient (Wildman–Crippen LogP) is 2.10. The van der Waals surface area contributed by atoms with Crippen molar-refractivity contribution in [1.29, 1.82) is 0 Å². The molecule has 0 saturated heterocycles. The highest BCUT2D eigenvalue weighted by molar-refractivity contribution is 5.95. The normalized spacial score (nSPS) is 22.5. The van der Waals surface area contributed by atoms with Gasteiger partial charge in [-0.3, -0.25) is 9.59 Å². The number of H-pyrrole nitrogens is 1. The Labute approximate surface area is 137 Å². The lowest BCUT2D eigenvalue weighted by Gasteiger charge is -2.55. The van der Waals surface area contributed by atoms with Crippen molar-refractivity contribution in [2.45, 2.75) is 66.0 Å². The highest BCUT2D eigenvalue weighted by atomic mass is 16.5. The molecule has 6 heteroatoms.